The Balaban J connectivity index is 3.10. The van der Waals surface area contributed by atoms with Gasteiger partial charge in [-0.2, -0.15) is 0 Å². The third kappa shape index (κ3) is 2.72. The van der Waals surface area contributed by atoms with Gasteiger partial charge in [0.2, 0.25) is 5.91 Å². The van der Waals surface area contributed by atoms with Crippen LogP contribution < -0.4 is 10.5 Å². The quantitative estimate of drug-likeness (QED) is 0.745. The molecule has 88 valence electrons. The van der Waals surface area contributed by atoms with Crippen molar-refractivity contribution in [2.75, 3.05) is 7.11 Å². The van der Waals surface area contributed by atoms with Crippen molar-refractivity contribution in [2.24, 2.45) is 5.73 Å². The van der Waals surface area contributed by atoms with E-state index in [9.17, 15) is 15.0 Å². The van der Waals surface area contributed by atoms with Gasteiger partial charge in [-0.15, -0.1) is 0 Å². The minimum atomic E-state index is -1.66. The molecule has 0 fully saturated rings. The summed E-state index contributed by atoms with van der Waals surface area (Å²) in [4.78, 5) is 10.8. The molecular formula is C10H12BrNO4. The zero-order valence-corrected chi connectivity index (χ0v) is 10.1. The number of carbonyl (C=O) groups excluding carboxylic acids is 1. The molecule has 0 saturated heterocycles. The van der Waals surface area contributed by atoms with Crippen molar-refractivity contribution in [3.05, 3.63) is 28.2 Å². The van der Waals surface area contributed by atoms with Gasteiger partial charge < -0.3 is 20.7 Å². The van der Waals surface area contributed by atoms with Crippen LogP contribution in [0.4, 0.5) is 0 Å². The highest BCUT2D eigenvalue weighted by Crippen LogP contribution is 2.30. The number of carbonyl (C=O) groups is 1. The molecule has 0 aliphatic carbocycles. The molecule has 0 aliphatic rings. The molecule has 4 N–H and O–H groups in total. The predicted octanol–water partition coefficient (Wildman–Crippen LogP) is 0.337. The van der Waals surface area contributed by atoms with Crippen LogP contribution >= 0.6 is 15.9 Å². The topological polar surface area (TPSA) is 92.8 Å². The summed E-state index contributed by atoms with van der Waals surface area (Å²) in [7, 11) is 1.43. The zero-order chi connectivity index (χ0) is 12.3. The summed E-state index contributed by atoms with van der Waals surface area (Å²) in [5, 5.41) is 19.1. The molecule has 0 aromatic heterocycles. The van der Waals surface area contributed by atoms with Crippen LogP contribution in [-0.2, 0) is 4.79 Å². The van der Waals surface area contributed by atoms with E-state index < -0.39 is 18.1 Å². The van der Waals surface area contributed by atoms with E-state index in [2.05, 4.69) is 15.9 Å². The maximum Gasteiger partial charge on any atom is 0.249 e. The second-order valence-electron chi connectivity index (χ2n) is 3.18. The Kier molecular flexibility index (Phi) is 4.28. The largest absolute Gasteiger partial charge is 0.496 e. The van der Waals surface area contributed by atoms with E-state index in [0.29, 0.717) is 15.8 Å². The van der Waals surface area contributed by atoms with Crippen molar-refractivity contribution in [3.8, 4) is 5.75 Å². The van der Waals surface area contributed by atoms with Gasteiger partial charge in [-0.1, -0.05) is 15.9 Å². The highest BCUT2D eigenvalue weighted by atomic mass is 79.9. The van der Waals surface area contributed by atoms with Crippen molar-refractivity contribution >= 4 is 21.8 Å². The maximum absolute atomic E-state index is 10.8. The van der Waals surface area contributed by atoms with E-state index in [-0.39, 0.29) is 0 Å². The maximum atomic E-state index is 10.8. The molecule has 5 nitrogen and oxygen atoms in total. The fourth-order valence-corrected chi connectivity index (χ4v) is 1.64. The summed E-state index contributed by atoms with van der Waals surface area (Å²) in [6.07, 6.45) is -3.08. The lowest BCUT2D eigenvalue weighted by atomic mass is 10.0. The van der Waals surface area contributed by atoms with Crippen LogP contribution in [0.5, 0.6) is 5.75 Å². The van der Waals surface area contributed by atoms with E-state index in [4.69, 9.17) is 10.5 Å². The van der Waals surface area contributed by atoms with Gasteiger partial charge in [0, 0.05) is 10.0 Å². The first-order chi connectivity index (χ1) is 7.47. The zero-order valence-electron chi connectivity index (χ0n) is 8.55. The van der Waals surface area contributed by atoms with E-state index in [1.54, 1.807) is 18.2 Å². The molecule has 1 aromatic carbocycles. The number of amides is 1. The number of rotatable bonds is 4. The number of nitrogens with two attached hydrogens (primary N) is 1. The molecule has 1 rings (SSSR count). The summed E-state index contributed by atoms with van der Waals surface area (Å²) in [6, 6.07) is 4.87. The Morgan fingerprint density at radius 2 is 2.12 bits per heavy atom. The van der Waals surface area contributed by atoms with Crippen molar-refractivity contribution in [1.29, 1.82) is 0 Å². The smallest absolute Gasteiger partial charge is 0.249 e. The molecule has 6 heteroatoms. The summed E-state index contributed by atoms with van der Waals surface area (Å²) in [6.45, 7) is 0. The number of primary amides is 1. The van der Waals surface area contributed by atoms with Gasteiger partial charge in [0.05, 0.1) is 7.11 Å². The van der Waals surface area contributed by atoms with Crippen LogP contribution in [0.1, 0.15) is 11.7 Å². The van der Waals surface area contributed by atoms with Crippen LogP contribution in [0.15, 0.2) is 22.7 Å². The minimum Gasteiger partial charge on any atom is -0.496 e. The first kappa shape index (κ1) is 13.0. The van der Waals surface area contributed by atoms with Crippen LogP contribution in [0.3, 0.4) is 0 Å². The third-order valence-corrected chi connectivity index (χ3v) is 2.59. The van der Waals surface area contributed by atoms with Crippen molar-refractivity contribution in [2.45, 2.75) is 12.2 Å². The monoisotopic (exact) mass is 289 g/mol. The second-order valence-corrected chi connectivity index (χ2v) is 4.09. The summed E-state index contributed by atoms with van der Waals surface area (Å²) >= 11 is 3.22. The number of aliphatic hydroxyl groups is 2. The van der Waals surface area contributed by atoms with E-state index >= 15 is 0 Å². The van der Waals surface area contributed by atoms with E-state index in [1.165, 1.54) is 7.11 Å². The molecule has 0 saturated carbocycles. The highest BCUT2D eigenvalue weighted by Gasteiger charge is 2.26. The van der Waals surface area contributed by atoms with Gasteiger partial charge in [-0.25, -0.2) is 0 Å². The van der Waals surface area contributed by atoms with E-state index in [1.807, 2.05) is 0 Å². The van der Waals surface area contributed by atoms with Gasteiger partial charge in [0.15, 0.2) is 6.10 Å². The highest BCUT2D eigenvalue weighted by molar-refractivity contribution is 9.10. The Bertz CT molecular complexity index is 396. The van der Waals surface area contributed by atoms with Crippen LogP contribution in [0.2, 0.25) is 0 Å². The van der Waals surface area contributed by atoms with Gasteiger partial charge in [-0.05, 0) is 18.2 Å². The average Bonchev–Trinajstić information content (AvgIpc) is 2.26. The molecule has 1 aromatic rings. The molecule has 0 radical (unpaired) electrons. The van der Waals surface area contributed by atoms with Gasteiger partial charge in [0.1, 0.15) is 11.9 Å². The summed E-state index contributed by atoms with van der Waals surface area (Å²) in [5.41, 5.74) is 5.20. The lowest BCUT2D eigenvalue weighted by Crippen LogP contribution is -2.34. The van der Waals surface area contributed by atoms with Crippen molar-refractivity contribution < 1.29 is 19.7 Å². The number of hydrogen-bond acceptors (Lipinski definition) is 4. The Morgan fingerprint density at radius 3 is 2.62 bits per heavy atom. The minimum absolute atomic E-state index is 0.295. The number of ether oxygens (including phenoxy) is 1. The molecule has 0 spiro atoms. The van der Waals surface area contributed by atoms with Crippen LogP contribution in [0, 0.1) is 0 Å². The standard InChI is InChI=1S/C10H12BrNO4/c1-16-7-3-2-5(11)4-6(7)8(13)9(14)10(12)15/h2-4,8-9,13-14H,1H3,(H2,12,15). The first-order valence-electron chi connectivity index (χ1n) is 4.46. The second kappa shape index (κ2) is 5.29. The molecule has 16 heavy (non-hydrogen) atoms. The lowest BCUT2D eigenvalue weighted by molar-refractivity contribution is -0.132. The normalized spacial score (nSPS) is 14.2. The molecule has 2 atom stereocenters. The summed E-state index contributed by atoms with van der Waals surface area (Å²) < 4.78 is 5.70. The van der Waals surface area contributed by atoms with Crippen molar-refractivity contribution in [3.63, 3.8) is 0 Å². The van der Waals surface area contributed by atoms with Gasteiger partial charge in [-0.3, -0.25) is 4.79 Å². The first-order valence-corrected chi connectivity index (χ1v) is 5.25. The van der Waals surface area contributed by atoms with Crippen LogP contribution in [-0.4, -0.2) is 29.3 Å². The predicted molar refractivity (Wildman–Crippen MR) is 60.9 cm³/mol. The Morgan fingerprint density at radius 1 is 1.50 bits per heavy atom. The van der Waals surface area contributed by atoms with Gasteiger partial charge in [0.25, 0.3) is 0 Å². The number of aliphatic hydroxyl groups excluding tert-OH is 2. The number of methoxy groups -OCH3 is 1. The Labute approximate surface area is 101 Å². The molecule has 0 heterocycles. The molecule has 0 aliphatic heterocycles. The number of hydrogen-bond donors (Lipinski definition) is 3. The summed E-state index contributed by atoms with van der Waals surface area (Å²) in [5.74, 6) is -0.620. The molecule has 0 bridgehead atoms. The SMILES string of the molecule is COc1ccc(Br)cc1C(O)C(O)C(N)=O. The fourth-order valence-electron chi connectivity index (χ4n) is 1.26. The fraction of sp³-hybridized carbons (Fsp3) is 0.300. The average molecular weight is 290 g/mol. The van der Waals surface area contributed by atoms with Gasteiger partial charge >= 0.3 is 0 Å². The number of benzene rings is 1. The molecular weight excluding hydrogens is 278 g/mol. The lowest BCUT2D eigenvalue weighted by Gasteiger charge is -2.18. The number of halogens is 1. The van der Waals surface area contributed by atoms with E-state index in [0.717, 1.165) is 0 Å². The third-order valence-electron chi connectivity index (χ3n) is 2.10. The molecule has 1 amide bonds. The van der Waals surface area contributed by atoms with Crippen LogP contribution in [0.25, 0.3) is 0 Å². The Hall–Kier alpha value is -1.11. The van der Waals surface area contributed by atoms with Crippen molar-refractivity contribution in [1.82, 2.24) is 0 Å². The molecule has 2 unspecified atom stereocenters.